The van der Waals surface area contributed by atoms with E-state index in [0.29, 0.717) is 16.1 Å². The number of thioether (sulfide) groups is 1. The number of rotatable bonds is 5. The van der Waals surface area contributed by atoms with Gasteiger partial charge in [0.05, 0.1) is 22.0 Å². The van der Waals surface area contributed by atoms with Crippen molar-refractivity contribution < 1.29 is 9.53 Å². The fourth-order valence-corrected chi connectivity index (χ4v) is 4.23. The lowest BCUT2D eigenvalue weighted by Gasteiger charge is -2.10. The second-order valence-electron chi connectivity index (χ2n) is 5.01. The topological polar surface area (TPSA) is 75.0 Å². The summed E-state index contributed by atoms with van der Waals surface area (Å²) in [5.74, 6) is -0.426. The van der Waals surface area contributed by atoms with Gasteiger partial charge in [-0.15, -0.1) is 23.1 Å². The first kappa shape index (κ1) is 17.3. The highest BCUT2D eigenvalue weighted by Gasteiger charge is 2.24. The van der Waals surface area contributed by atoms with Gasteiger partial charge < -0.3 is 10.1 Å². The van der Waals surface area contributed by atoms with Crippen LogP contribution in [0.5, 0.6) is 0 Å². The van der Waals surface area contributed by atoms with Crippen LogP contribution in [-0.4, -0.2) is 23.8 Å². The van der Waals surface area contributed by atoms with Crippen LogP contribution in [0.2, 0.25) is 0 Å². The highest BCUT2D eigenvalue weighted by Crippen LogP contribution is 2.41. The van der Waals surface area contributed by atoms with Gasteiger partial charge in [-0.05, 0) is 37.4 Å². The minimum Gasteiger partial charge on any atom is -0.462 e. The van der Waals surface area contributed by atoms with E-state index in [0.717, 1.165) is 20.8 Å². The summed E-state index contributed by atoms with van der Waals surface area (Å²) in [5.41, 5.74) is 2.58. The minimum atomic E-state index is -0.426. The normalized spacial score (nSPS) is 10.4. The van der Waals surface area contributed by atoms with E-state index in [2.05, 4.69) is 16.4 Å². The Labute approximate surface area is 153 Å². The predicted octanol–water partition coefficient (Wildman–Crippen LogP) is 4.81. The molecule has 5 nitrogen and oxygen atoms in total. The molecule has 0 aliphatic heterocycles. The molecule has 2 heterocycles. The van der Waals surface area contributed by atoms with Crippen molar-refractivity contribution in [2.75, 3.05) is 18.2 Å². The largest absolute Gasteiger partial charge is 0.462 e. The summed E-state index contributed by atoms with van der Waals surface area (Å²) < 4.78 is 5.94. The van der Waals surface area contributed by atoms with E-state index in [1.807, 2.05) is 36.6 Å². The van der Waals surface area contributed by atoms with E-state index in [9.17, 15) is 10.1 Å². The number of aromatic nitrogens is 1. The molecule has 0 fully saturated rings. The van der Waals surface area contributed by atoms with E-state index >= 15 is 0 Å². The van der Waals surface area contributed by atoms with Gasteiger partial charge in [-0.25, -0.2) is 4.79 Å². The van der Waals surface area contributed by atoms with Gasteiger partial charge in [-0.1, -0.05) is 6.07 Å². The molecule has 7 heteroatoms. The Morgan fingerprint density at radius 2 is 2.24 bits per heavy atom. The number of nitrogens with one attached hydrogen (secondary N) is 1. The number of nitrogens with zero attached hydrogens (tertiary/aromatic N) is 2. The Bertz CT molecular complexity index is 971. The summed E-state index contributed by atoms with van der Waals surface area (Å²) in [5, 5.41) is 13.8. The number of nitriles is 1. The Balaban J connectivity index is 2.14. The molecule has 0 aliphatic carbocycles. The van der Waals surface area contributed by atoms with Gasteiger partial charge in [0, 0.05) is 17.3 Å². The SMILES string of the molecule is CCOC(=O)c1sc(SC)c(C#N)c1Nc1cccc2ncccc12. The lowest BCUT2D eigenvalue weighted by Crippen LogP contribution is -2.06. The number of hydrogen-bond acceptors (Lipinski definition) is 7. The first-order valence-electron chi connectivity index (χ1n) is 7.58. The molecule has 3 rings (SSSR count). The van der Waals surface area contributed by atoms with Gasteiger partial charge in [-0.2, -0.15) is 5.26 Å². The molecule has 1 aromatic carbocycles. The van der Waals surface area contributed by atoms with Crippen LogP contribution in [0.15, 0.2) is 40.7 Å². The molecule has 0 unspecified atom stereocenters. The van der Waals surface area contributed by atoms with Crippen molar-refractivity contribution in [2.24, 2.45) is 0 Å². The fraction of sp³-hybridized carbons (Fsp3) is 0.167. The maximum absolute atomic E-state index is 12.3. The molecule has 25 heavy (non-hydrogen) atoms. The van der Waals surface area contributed by atoms with Crippen LogP contribution in [-0.2, 0) is 4.74 Å². The lowest BCUT2D eigenvalue weighted by molar-refractivity contribution is 0.0533. The number of benzene rings is 1. The fourth-order valence-electron chi connectivity index (χ4n) is 2.46. The second kappa shape index (κ2) is 7.55. The number of esters is 1. The first-order chi connectivity index (χ1) is 12.2. The van der Waals surface area contributed by atoms with Gasteiger partial charge in [0.1, 0.15) is 16.5 Å². The summed E-state index contributed by atoms with van der Waals surface area (Å²) in [7, 11) is 0. The van der Waals surface area contributed by atoms with Crippen LogP contribution < -0.4 is 5.32 Å². The number of anilines is 2. The maximum Gasteiger partial charge on any atom is 0.350 e. The Kier molecular flexibility index (Phi) is 5.22. The zero-order chi connectivity index (χ0) is 17.8. The third-order valence-corrected chi connectivity index (χ3v) is 5.83. The van der Waals surface area contributed by atoms with E-state index in [4.69, 9.17) is 4.74 Å². The molecule has 3 aromatic rings. The van der Waals surface area contributed by atoms with Crippen molar-refractivity contribution in [1.29, 1.82) is 5.26 Å². The molecule has 1 N–H and O–H groups in total. The summed E-state index contributed by atoms with van der Waals surface area (Å²) in [6, 6.07) is 11.7. The molecule has 0 bridgehead atoms. The molecule has 2 aromatic heterocycles. The van der Waals surface area contributed by atoms with Crippen LogP contribution in [0.25, 0.3) is 10.9 Å². The van der Waals surface area contributed by atoms with Gasteiger partial charge in [-0.3, -0.25) is 4.98 Å². The third kappa shape index (κ3) is 3.31. The summed E-state index contributed by atoms with van der Waals surface area (Å²) in [6.45, 7) is 2.04. The summed E-state index contributed by atoms with van der Waals surface area (Å²) in [4.78, 5) is 17.1. The van der Waals surface area contributed by atoms with Gasteiger partial charge in [0.15, 0.2) is 0 Å². The van der Waals surface area contributed by atoms with Crippen molar-refractivity contribution in [3.63, 3.8) is 0 Å². The van der Waals surface area contributed by atoms with Crippen LogP contribution in [0.1, 0.15) is 22.2 Å². The molecule has 0 spiro atoms. The van der Waals surface area contributed by atoms with Crippen LogP contribution >= 0.6 is 23.1 Å². The van der Waals surface area contributed by atoms with E-state index < -0.39 is 5.97 Å². The molecule has 0 atom stereocenters. The van der Waals surface area contributed by atoms with Crippen molar-refractivity contribution in [2.45, 2.75) is 11.1 Å². The number of carbonyl (C=O) groups excluding carboxylic acids is 1. The number of thiophene rings is 1. The Hall–Kier alpha value is -2.56. The van der Waals surface area contributed by atoms with Gasteiger partial charge in [0.25, 0.3) is 0 Å². The van der Waals surface area contributed by atoms with Crippen molar-refractivity contribution >= 4 is 51.3 Å². The molecule has 0 saturated carbocycles. The number of pyridine rings is 1. The van der Waals surface area contributed by atoms with Crippen molar-refractivity contribution in [3.05, 3.63) is 47.0 Å². The number of fused-ring (bicyclic) bond motifs is 1. The van der Waals surface area contributed by atoms with E-state index in [1.165, 1.54) is 23.1 Å². The van der Waals surface area contributed by atoms with Gasteiger partial charge >= 0.3 is 5.97 Å². The van der Waals surface area contributed by atoms with Gasteiger partial charge in [0.2, 0.25) is 0 Å². The first-order valence-corrected chi connectivity index (χ1v) is 9.62. The average Bonchev–Trinajstić information content (AvgIpc) is 3.00. The van der Waals surface area contributed by atoms with Crippen molar-refractivity contribution in [1.82, 2.24) is 4.98 Å². The standard InChI is InChI=1S/C18H15N3O2S2/c1-3-23-17(22)16-15(12(10-19)18(24-2)25-16)21-14-8-4-7-13-11(14)6-5-9-20-13/h4-9,21H,3H2,1-2H3. The summed E-state index contributed by atoms with van der Waals surface area (Å²) >= 11 is 2.71. The van der Waals surface area contributed by atoms with Crippen LogP contribution in [0.4, 0.5) is 11.4 Å². The molecular weight excluding hydrogens is 354 g/mol. The number of ether oxygens (including phenoxy) is 1. The highest BCUT2D eigenvalue weighted by atomic mass is 32.2. The second-order valence-corrected chi connectivity index (χ2v) is 7.10. The minimum absolute atomic E-state index is 0.283. The highest BCUT2D eigenvalue weighted by molar-refractivity contribution is 8.00. The molecular formula is C18H15N3O2S2. The summed E-state index contributed by atoms with van der Waals surface area (Å²) in [6.07, 6.45) is 3.61. The predicted molar refractivity (Wildman–Crippen MR) is 102 cm³/mol. The third-order valence-electron chi connectivity index (χ3n) is 3.54. The molecule has 0 saturated heterocycles. The maximum atomic E-state index is 12.3. The molecule has 126 valence electrons. The monoisotopic (exact) mass is 369 g/mol. The Morgan fingerprint density at radius 1 is 1.40 bits per heavy atom. The van der Waals surface area contributed by atoms with E-state index in [1.54, 1.807) is 13.1 Å². The molecule has 0 radical (unpaired) electrons. The van der Waals surface area contributed by atoms with E-state index in [-0.39, 0.29) is 6.61 Å². The Morgan fingerprint density at radius 3 is 2.96 bits per heavy atom. The smallest absolute Gasteiger partial charge is 0.350 e. The van der Waals surface area contributed by atoms with Crippen molar-refractivity contribution in [3.8, 4) is 6.07 Å². The quantitative estimate of drug-likeness (QED) is 0.514. The van der Waals surface area contributed by atoms with Crippen LogP contribution in [0.3, 0.4) is 0 Å². The lowest BCUT2D eigenvalue weighted by atomic mass is 10.1. The number of carbonyl (C=O) groups is 1. The zero-order valence-corrected chi connectivity index (χ0v) is 15.3. The zero-order valence-electron chi connectivity index (χ0n) is 13.7. The van der Waals surface area contributed by atoms with Crippen LogP contribution in [0, 0.1) is 11.3 Å². The molecule has 0 aliphatic rings. The molecule has 0 amide bonds. The average molecular weight is 369 g/mol. The number of hydrogen-bond donors (Lipinski definition) is 1.